The number of hydrogen-bond acceptors (Lipinski definition) is 3. The Kier molecular flexibility index (Phi) is 5.43. The highest BCUT2D eigenvalue weighted by molar-refractivity contribution is 5.68. The Morgan fingerprint density at radius 1 is 1.24 bits per heavy atom. The Morgan fingerprint density at radius 3 is 2.62 bits per heavy atom. The van der Waals surface area contributed by atoms with Gasteiger partial charge in [-0.3, -0.25) is 0 Å². The number of ether oxygens (including phenoxy) is 2. The third-order valence-corrected chi connectivity index (χ3v) is 3.50. The molecular weight excluding hydrogens is 266 g/mol. The summed E-state index contributed by atoms with van der Waals surface area (Å²) in [6, 6.07) is 9.60. The Morgan fingerprint density at radius 2 is 2.00 bits per heavy atom. The van der Waals surface area contributed by atoms with E-state index in [4.69, 9.17) is 9.47 Å². The number of rotatable bonds is 5. The minimum atomic E-state index is -0.395. The topological polar surface area (TPSA) is 47.6 Å². The molecule has 0 aromatic heterocycles. The lowest BCUT2D eigenvalue weighted by atomic mass is 9.99. The summed E-state index contributed by atoms with van der Waals surface area (Å²) >= 11 is 0. The molecule has 0 saturated carbocycles. The molecule has 0 spiro atoms. The first-order valence-corrected chi connectivity index (χ1v) is 7.08. The predicted molar refractivity (Wildman–Crippen MR) is 81.6 cm³/mol. The van der Waals surface area contributed by atoms with Crippen LogP contribution in [-0.4, -0.2) is 19.2 Å². The van der Waals surface area contributed by atoms with Crippen LogP contribution < -0.4 is 5.32 Å². The maximum atomic E-state index is 11.8. The van der Waals surface area contributed by atoms with E-state index in [1.807, 2.05) is 43.3 Å². The van der Waals surface area contributed by atoms with Gasteiger partial charge in [0.05, 0.1) is 18.9 Å². The van der Waals surface area contributed by atoms with Crippen LogP contribution in [0.2, 0.25) is 0 Å². The van der Waals surface area contributed by atoms with Gasteiger partial charge < -0.3 is 14.8 Å². The fraction of sp³-hybridized carbons (Fsp3) is 0.353. The summed E-state index contributed by atoms with van der Waals surface area (Å²) in [5.41, 5.74) is 2.15. The largest absolute Gasteiger partial charge is 0.501 e. The van der Waals surface area contributed by atoms with Crippen LogP contribution in [0.5, 0.6) is 0 Å². The molecule has 1 aliphatic carbocycles. The minimum absolute atomic E-state index is 0.0390. The van der Waals surface area contributed by atoms with E-state index in [0.29, 0.717) is 0 Å². The highest BCUT2D eigenvalue weighted by Crippen LogP contribution is 2.20. The Bertz CT molecular complexity index is 534. The van der Waals surface area contributed by atoms with Crippen LogP contribution >= 0.6 is 0 Å². The molecule has 0 saturated heterocycles. The Labute approximate surface area is 125 Å². The molecule has 1 N–H and O–H groups in total. The summed E-state index contributed by atoms with van der Waals surface area (Å²) in [6.07, 6.45) is 5.32. The molecule has 0 aliphatic heterocycles. The van der Waals surface area contributed by atoms with Crippen molar-refractivity contribution in [3.63, 3.8) is 0 Å². The van der Waals surface area contributed by atoms with E-state index < -0.39 is 6.09 Å². The molecule has 0 heterocycles. The first-order valence-electron chi connectivity index (χ1n) is 7.08. The smallest absolute Gasteiger partial charge is 0.407 e. The number of benzene rings is 1. The molecule has 0 bridgehead atoms. The second kappa shape index (κ2) is 7.53. The molecule has 0 radical (unpaired) electrons. The van der Waals surface area contributed by atoms with Crippen LogP contribution in [0.4, 0.5) is 4.79 Å². The van der Waals surface area contributed by atoms with Crippen LogP contribution in [0.3, 0.4) is 0 Å². The molecule has 4 heteroatoms. The van der Waals surface area contributed by atoms with E-state index in [9.17, 15) is 4.79 Å². The van der Waals surface area contributed by atoms with Crippen LogP contribution in [0.1, 0.15) is 25.3 Å². The SMILES string of the molecule is COC1=CCC([C@H](C)NC(=O)OCc2ccccc2)=CC1. The van der Waals surface area contributed by atoms with Gasteiger partial charge in [0.15, 0.2) is 0 Å². The quantitative estimate of drug-likeness (QED) is 0.842. The molecule has 21 heavy (non-hydrogen) atoms. The van der Waals surface area contributed by atoms with Gasteiger partial charge in [-0.05, 0) is 30.6 Å². The van der Waals surface area contributed by atoms with Crippen molar-refractivity contribution in [1.82, 2.24) is 5.32 Å². The first-order chi connectivity index (χ1) is 10.2. The van der Waals surface area contributed by atoms with Gasteiger partial charge in [-0.25, -0.2) is 4.79 Å². The average molecular weight is 287 g/mol. The van der Waals surface area contributed by atoms with Crippen molar-refractivity contribution in [3.05, 3.63) is 59.4 Å². The highest BCUT2D eigenvalue weighted by atomic mass is 16.5. The second-order valence-corrected chi connectivity index (χ2v) is 4.99. The summed E-state index contributed by atoms with van der Waals surface area (Å²) in [5, 5.41) is 2.85. The number of amides is 1. The first kappa shape index (κ1) is 15.2. The molecule has 1 aromatic rings. The number of hydrogen-bond donors (Lipinski definition) is 1. The zero-order chi connectivity index (χ0) is 15.1. The Balaban J connectivity index is 1.76. The summed E-state index contributed by atoms with van der Waals surface area (Å²) < 4.78 is 10.4. The monoisotopic (exact) mass is 287 g/mol. The van der Waals surface area contributed by atoms with Crippen molar-refractivity contribution in [3.8, 4) is 0 Å². The van der Waals surface area contributed by atoms with Crippen LogP contribution in [0.25, 0.3) is 0 Å². The lowest BCUT2D eigenvalue weighted by Crippen LogP contribution is -2.34. The van der Waals surface area contributed by atoms with Gasteiger partial charge in [0.25, 0.3) is 0 Å². The standard InChI is InChI=1S/C17H21NO3/c1-13(15-8-10-16(20-2)11-9-15)18-17(19)21-12-14-6-4-3-5-7-14/h3-8,11,13H,9-10,12H2,1-2H3,(H,18,19)/t13-/m0/s1. The number of carbonyl (C=O) groups excluding carboxylic acids is 1. The maximum absolute atomic E-state index is 11.8. The van der Waals surface area contributed by atoms with Gasteiger partial charge in [-0.15, -0.1) is 0 Å². The number of nitrogens with one attached hydrogen (secondary N) is 1. The maximum Gasteiger partial charge on any atom is 0.407 e. The van der Waals surface area contributed by atoms with Crippen molar-refractivity contribution in [2.24, 2.45) is 0 Å². The molecule has 1 aromatic carbocycles. The highest BCUT2D eigenvalue weighted by Gasteiger charge is 2.15. The Hall–Kier alpha value is -2.23. The van der Waals surface area contributed by atoms with Crippen molar-refractivity contribution in [1.29, 1.82) is 0 Å². The van der Waals surface area contributed by atoms with E-state index >= 15 is 0 Å². The van der Waals surface area contributed by atoms with E-state index in [1.165, 1.54) is 5.57 Å². The molecule has 1 amide bonds. The molecule has 0 fully saturated rings. The minimum Gasteiger partial charge on any atom is -0.501 e. The summed E-state index contributed by atoms with van der Waals surface area (Å²) in [7, 11) is 1.67. The third kappa shape index (κ3) is 4.67. The summed E-state index contributed by atoms with van der Waals surface area (Å²) in [6.45, 7) is 2.24. The summed E-state index contributed by atoms with van der Waals surface area (Å²) in [5.74, 6) is 0.970. The predicted octanol–water partition coefficient (Wildman–Crippen LogP) is 3.55. The van der Waals surface area contributed by atoms with Crippen LogP contribution in [0.15, 0.2) is 53.8 Å². The van der Waals surface area contributed by atoms with Gasteiger partial charge in [0.2, 0.25) is 0 Å². The molecular formula is C17H21NO3. The number of carbonyl (C=O) groups is 1. The zero-order valence-corrected chi connectivity index (χ0v) is 12.5. The fourth-order valence-electron chi connectivity index (χ4n) is 2.18. The fourth-order valence-corrected chi connectivity index (χ4v) is 2.18. The van der Waals surface area contributed by atoms with Gasteiger partial charge >= 0.3 is 6.09 Å². The molecule has 1 atom stereocenters. The van der Waals surface area contributed by atoms with Crippen LogP contribution in [-0.2, 0) is 16.1 Å². The van der Waals surface area contributed by atoms with Crippen molar-refractivity contribution >= 4 is 6.09 Å². The summed E-state index contributed by atoms with van der Waals surface area (Å²) in [4.78, 5) is 11.8. The van der Waals surface area contributed by atoms with Gasteiger partial charge in [-0.2, -0.15) is 0 Å². The van der Waals surface area contributed by atoms with Crippen molar-refractivity contribution in [2.75, 3.05) is 7.11 Å². The second-order valence-electron chi connectivity index (χ2n) is 4.99. The van der Waals surface area contributed by atoms with E-state index in [-0.39, 0.29) is 12.6 Å². The molecule has 2 rings (SSSR count). The third-order valence-electron chi connectivity index (χ3n) is 3.50. The van der Waals surface area contributed by atoms with Gasteiger partial charge in [0, 0.05) is 6.42 Å². The molecule has 1 aliphatic rings. The zero-order valence-electron chi connectivity index (χ0n) is 12.5. The average Bonchev–Trinajstić information content (AvgIpc) is 2.54. The molecule has 4 nitrogen and oxygen atoms in total. The van der Waals surface area contributed by atoms with Crippen LogP contribution in [0, 0.1) is 0 Å². The molecule has 0 unspecified atom stereocenters. The number of methoxy groups -OCH3 is 1. The normalized spacial score (nSPS) is 15.5. The van der Waals surface area contributed by atoms with E-state index in [1.54, 1.807) is 7.11 Å². The van der Waals surface area contributed by atoms with Crippen molar-refractivity contribution in [2.45, 2.75) is 32.4 Å². The van der Waals surface area contributed by atoms with E-state index in [0.717, 1.165) is 24.2 Å². The van der Waals surface area contributed by atoms with Crippen molar-refractivity contribution < 1.29 is 14.3 Å². The number of allylic oxidation sites excluding steroid dienone is 2. The van der Waals surface area contributed by atoms with Gasteiger partial charge in [0.1, 0.15) is 6.61 Å². The molecule has 112 valence electrons. The lowest BCUT2D eigenvalue weighted by Gasteiger charge is -2.20. The van der Waals surface area contributed by atoms with Gasteiger partial charge in [-0.1, -0.05) is 36.4 Å². The van der Waals surface area contributed by atoms with E-state index in [2.05, 4.69) is 11.4 Å². The number of alkyl carbamates (subject to hydrolysis) is 1. The lowest BCUT2D eigenvalue weighted by molar-refractivity contribution is 0.137.